The zero-order valence-electron chi connectivity index (χ0n) is 23.6. The normalized spacial score (nSPS) is 13.3. The Labute approximate surface area is 253 Å². The average Bonchev–Trinajstić information content (AvgIpc) is 2.92. The van der Waals surface area contributed by atoms with Gasteiger partial charge in [0.1, 0.15) is 0 Å². The van der Waals surface area contributed by atoms with Crippen molar-refractivity contribution in [2.45, 2.75) is 38.6 Å². The monoisotopic (exact) mass is 680 g/mol. The van der Waals surface area contributed by atoms with Crippen molar-refractivity contribution < 1.29 is 71.7 Å². The van der Waals surface area contributed by atoms with E-state index in [0.29, 0.717) is 36.4 Å². The molecule has 0 atom stereocenters. The summed E-state index contributed by atoms with van der Waals surface area (Å²) >= 11 is 0. The molecule has 2 aromatic rings. The number of nitrogens with one attached hydrogen (secondary N) is 2. The summed E-state index contributed by atoms with van der Waals surface area (Å²) in [6.45, 7) is 1.25. The molecule has 18 heteroatoms. The highest BCUT2D eigenvalue weighted by molar-refractivity contribution is 5.92. The third-order valence-corrected chi connectivity index (χ3v) is 5.65. The Morgan fingerprint density at radius 2 is 0.804 bits per heavy atom. The maximum Gasteiger partial charge on any atom is 0.416 e. The molecular weight excluding hydrogens is 656 g/mol. The number of rotatable bonds is 11. The molecule has 0 amide bonds. The van der Waals surface area contributed by atoms with Crippen molar-refractivity contribution in [1.82, 2.24) is 10.6 Å². The first-order valence-electron chi connectivity index (χ1n) is 12.9. The topological polar surface area (TPSA) is 76.7 Å². The van der Waals surface area contributed by atoms with Crippen LogP contribution >= 0.6 is 0 Å². The van der Waals surface area contributed by atoms with E-state index in [1.807, 2.05) is 0 Å². The van der Waals surface area contributed by atoms with Gasteiger partial charge in [-0.1, -0.05) is 0 Å². The maximum absolute atomic E-state index is 13.4. The molecule has 46 heavy (non-hydrogen) atoms. The molecule has 2 aromatic carbocycles. The second kappa shape index (κ2) is 14.8. The number of hydrogen-bond donors (Lipinski definition) is 2. The van der Waals surface area contributed by atoms with Crippen LogP contribution in [0.3, 0.4) is 0 Å². The summed E-state index contributed by atoms with van der Waals surface area (Å²) in [7, 11) is 0. The third-order valence-electron chi connectivity index (χ3n) is 5.65. The number of alkyl halides is 12. The smallest absolute Gasteiger partial charge is 0.416 e. The van der Waals surface area contributed by atoms with Crippen LogP contribution in [0.15, 0.2) is 48.6 Å². The molecule has 254 valence electrons. The molecule has 0 aliphatic carbocycles. The van der Waals surface area contributed by atoms with Crippen molar-refractivity contribution in [1.29, 1.82) is 0 Å². The van der Waals surface area contributed by atoms with Crippen molar-refractivity contribution >= 4 is 23.3 Å². The molecule has 0 aliphatic heterocycles. The van der Waals surface area contributed by atoms with Gasteiger partial charge in [-0.15, -0.1) is 0 Å². The molecular formula is C28H24F12N2O4. The summed E-state index contributed by atoms with van der Waals surface area (Å²) < 4.78 is 170. The minimum Gasteiger partial charge on any atom is -0.463 e. The first-order valence-corrected chi connectivity index (χ1v) is 12.9. The SMILES string of the molecule is CCOC(=O)C=C(NCCNC(=CC(=O)OCC)c1cc(C(F)(F)F)cc(C(F)(F)F)c1)c1cc(C(F)(F)F)cc(C(F)(F)F)c1. The van der Waals surface area contributed by atoms with Gasteiger partial charge in [-0.05, 0) is 61.4 Å². The summed E-state index contributed by atoms with van der Waals surface area (Å²) in [5.74, 6) is -2.34. The Balaban J connectivity index is 2.51. The van der Waals surface area contributed by atoms with Crippen LogP contribution < -0.4 is 10.6 Å². The fourth-order valence-electron chi connectivity index (χ4n) is 3.69. The van der Waals surface area contributed by atoms with Gasteiger partial charge >= 0.3 is 36.6 Å². The molecule has 0 bridgehead atoms. The number of hydrogen-bond acceptors (Lipinski definition) is 6. The largest absolute Gasteiger partial charge is 0.463 e. The third kappa shape index (κ3) is 11.2. The van der Waals surface area contributed by atoms with Crippen LogP contribution in [0.4, 0.5) is 52.7 Å². The minimum absolute atomic E-state index is 0.149. The Hall–Kier alpha value is -4.38. The molecule has 0 saturated heterocycles. The minimum atomic E-state index is -5.24. The summed E-state index contributed by atoms with van der Waals surface area (Å²) in [6, 6.07) is 0.956. The maximum atomic E-state index is 13.4. The van der Waals surface area contributed by atoms with Crippen LogP contribution in [0.5, 0.6) is 0 Å². The van der Waals surface area contributed by atoms with Crippen molar-refractivity contribution in [3.63, 3.8) is 0 Å². The highest BCUT2D eigenvalue weighted by Crippen LogP contribution is 2.39. The Bertz CT molecular complexity index is 1280. The predicted octanol–water partition coefficient (Wildman–Crippen LogP) is 7.45. The van der Waals surface area contributed by atoms with Gasteiger partial charge < -0.3 is 20.1 Å². The van der Waals surface area contributed by atoms with Crippen LogP contribution in [-0.4, -0.2) is 38.2 Å². The van der Waals surface area contributed by atoms with E-state index in [2.05, 4.69) is 20.1 Å². The van der Waals surface area contributed by atoms with Crippen LogP contribution in [0.2, 0.25) is 0 Å². The van der Waals surface area contributed by atoms with E-state index in [1.54, 1.807) is 0 Å². The summed E-state index contributed by atoms with van der Waals surface area (Å²) in [6.07, 6.45) is -19.8. The van der Waals surface area contributed by atoms with Crippen LogP contribution in [-0.2, 0) is 43.8 Å². The lowest BCUT2D eigenvalue weighted by Gasteiger charge is -2.19. The number of halogens is 12. The Morgan fingerprint density at radius 3 is 1.02 bits per heavy atom. The zero-order chi connectivity index (χ0) is 35.1. The van der Waals surface area contributed by atoms with Crippen molar-refractivity contribution in [3.05, 3.63) is 81.9 Å². The molecule has 6 nitrogen and oxygen atoms in total. The number of carbonyl (C=O) groups is 2. The fraction of sp³-hybridized carbons (Fsp3) is 0.357. The molecule has 0 aromatic heterocycles. The van der Waals surface area contributed by atoms with Gasteiger partial charge in [-0.25, -0.2) is 9.59 Å². The van der Waals surface area contributed by atoms with Crippen molar-refractivity contribution in [2.24, 2.45) is 0 Å². The zero-order valence-corrected chi connectivity index (χ0v) is 23.6. The van der Waals surface area contributed by atoms with E-state index < -0.39 is 94.5 Å². The molecule has 0 heterocycles. The number of carbonyl (C=O) groups excluding carboxylic acids is 2. The second-order valence-electron chi connectivity index (χ2n) is 9.06. The summed E-state index contributed by atoms with van der Waals surface area (Å²) in [5.41, 5.74) is -9.57. The van der Waals surface area contributed by atoms with E-state index in [0.717, 1.165) is 0 Å². The molecule has 0 saturated carbocycles. The lowest BCUT2D eigenvalue weighted by Crippen LogP contribution is -2.27. The molecule has 0 radical (unpaired) electrons. The van der Waals surface area contributed by atoms with E-state index in [9.17, 15) is 62.3 Å². The van der Waals surface area contributed by atoms with Gasteiger partial charge in [-0.3, -0.25) is 0 Å². The van der Waals surface area contributed by atoms with Gasteiger partial charge in [-0.2, -0.15) is 52.7 Å². The van der Waals surface area contributed by atoms with Crippen molar-refractivity contribution in [3.8, 4) is 0 Å². The number of benzene rings is 2. The van der Waals surface area contributed by atoms with E-state index in [-0.39, 0.29) is 25.3 Å². The Morgan fingerprint density at radius 1 is 0.543 bits per heavy atom. The van der Waals surface area contributed by atoms with Gasteiger partial charge in [0.05, 0.1) is 35.5 Å². The van der Waals surface area contributed by atoms with Gasteiger partial charge in [0, 0.05) is 36.6 Å². The van der Waals surface area contributed by atoms with Gasteiger partial charge in [0.2, 0.25) is 0 Å². The highest BCUT2D eigenvalue weighted by atomic mass is 19.4. The van der Waals surface area contributed by atoms with Crippen LogP contribution in [0.1, 0.15) is 47.2 Å². The molecule has 0 unspecified atom stereocenters. The average molecular weight is 680 g/mol. The lowest BCUT2D eigenvalue weighted by atomic mass is 10.0. The first-order chi connectivity index (χ1) is 21.1. The highest BCUT2D eigenvalue weighted by Gasteiger charge is 2.38. The van der Waals surface area contributed by atoms with E-state index in [1.165, 1.54) is 13.8 Å². The standard InChI is InChI=1S/C28H24F12N2O4/c1-3-45-23(43)13-21(15-7-17(25(29,30)31)11-18(8-15)26(32,33)34)41-5-6-42-22(14-24(44)46-4-2)16-9-19(27(35,36)37)12-20(10-16)28(38,39)40/h7-14,41-42H,3-6H2,1-2H3. The molecule has 0 aliphatic rings. The predicted molar refractivity (Wildman–Crippen MR) is 138 cm³/mol. The second-order valence-corrected chi connectivity index (χ2v) is 9.06. The fourth-order valence-corrected chi connectivity index (χ4v) is 3.69. The summed E-state index contributed by atoms with van der Waals surface area (Å²) in [5, 5.41) is 4.80. The number of ether oxygens (including phenoxy) is 2. The molecule has 2 N–H and O–H groups in total. The summed E-state index contributed by atoms with van der Waals surface area (Å²) in [4.78, 5) is 24.2. The lowest BCUT2D eigenvalue weighted by molar-refractivity contribution is -0.144. The first kappa shape index (κ1) is 37.8. The van der Waals surface area contributed by atoms with Gasteiger partial charge in [0.25, 0.3) is 0 Å². The van der Waals surface area contributed by atoms with Crippen molar-refractivity contribution in [2.75, 3.05) is 26.3 Å². The van der Waals surface area contributed by atoms with Crippen LogP contribution in [0.25, 0.3) is 11.4 Å². The molecule has 0 spiro atoms. The van der Waals surface area contributed by atoms with E-state index in [4.69, 9.17) is 0 Å². The quantitative estimate of drug-likeness (QED) is 0.111. The molecule has 2 rings (SSSR count). The molecule has 0 fully saturated rings. The van der Waals surface area contributed by atoms with E-state index >= 15 is 0 Å². The van der Waals surface area contributed by atoms with Gasteiger partial charge in [0.15, 0.2) is 0 Å². The Kier molecular flexibility index (Phi) is 12.2. The van der Waals surface area contributed by atoms with Crippen LogP contribution in [0, 0.1) is 0 Å². The number of esters is 2.